The Balaban J connectivity index is 1.86. The number of amides is 2. The summed E-state index contributed by atoms with van der Waals surface area (Å²) in [4.78, 5) is 23.0. The van der Waals surface area contributed by atoms with Gasteiger partial charge in [-0.1, -0.05) is 42.0 Å². The fourth-order valence-electron chi connectivity index (χ4n) is 1.94. The molecule has 118 valence electrons. The highest BCUT2D eigenvalue weighted by Gasteiger charge is 2.03. The van der Waals surface area contributed by atoms with Gasteiger partial charge in [-0.3, -0.25) is 14.8 Å². The molecule has 3 N–H and O–H groups in total. The van der Waals surface area contributed by atoms with Crippen LogP contribution in [0.1, 0.15) is 27.0 Å². The summed E-state index contributed by atoms with van der Waals surface area (Å²) < 4.78 is 0. The van der Waals surface area contributed by atoms with Crippen LogP contribution in [0.2, 0.25) is 0 Å². The van der Waals surface area contributed by atoms with Crippen LogP contribution in [0, 0.1) is 6.92 Å². The van der Waals surface area contributed by atoms with E-state index in [1.807, 2.05) is 31.2 Å². The van der Waals surface area contributed by atoms with Crippen molar-refractivity contribution in [2.75, 3.05) is 0 Å². The number of carbonyl (C=O) groups excluding carboxylic acids is 2. The van der Waals surface area contributed by atoms with Crippen LogP contribution in [-0.4, -0.2) is 17.0 Å². The molecule has 0 aliphatic heterocycles. The third kappa shape index (κ3) is 5.09. The Morgan fingerprint density at radius 2 is 1.70 bits per heavy atom. The second kappa shape index (κ2) is 7.91. The average molecular weight is 310 g/mol. The average Bonchev–Trinajstić information content (AvgIpc) is 2.59. The first-order valence-electron chi connectivity index (χ1n) is 7.14. The van der Waals surface area contributed by atoms with E-state index in [0.29, 0.717) is 12.1 Å². The number of hydrogen-bond acceptors (Lipinski definition) is 3. The van der Waals surface area contributed by atoms with E-state index in [1.54, 1.807) is 35.8 Å². The van der Waals surface area contributed by atoms with Crippen LogP contribution in [0.25, 0.3) is 6.08 Å². The first-order valence-corrected chi connectivity index (χ1v) is 7.14. The van der Waals surface area contributed by atoms with Crippen LogP contribution in [0.15, 0.2) is 54.6 Å². The molecular formula is C18H18N2O3. The van der Waals surface area contributed by atoms with Gasteiger partial charge in [0.1, 0.15) is 0 Å². The van der Waals surface area contributed by atoms with Crippen LogP contribution in [-0.2, 0) is 11.3 Å². The highest BCUT2D eigenvalue weighted by molar-refractivity contribution is 5.93. The first kappa shape index (κ1) is 16.5. The Morgan fingerprint density at radius 1 is 1.04 bits per heavy atom. The van der Waals surface area contributed by atoms with Crippen molar-refractivity contribution in [1.82, 2.24) is 10.8 Å². The summed E-state index contributed by atoms with van der Waals surface area (Å²) >= 11 is 0. The Labute approximate surface area is 134 Å². The molecule has 2 rings (SSSR count). The van der Waals surface area contributed by atoms with Gasteiger partial charge >= 0.3 is 0 Å². The zero-order valence-electron chi connectivity index (χ0n) is 12.7. The maximum Gasteiger partial charge on any atom is 0.274 e. The molecule has 5 nitrogen and oxygen atoms in total. The third-order valence-electron chi connectivity index (χ3n) is 3.29. The monoisotopic (exact) mass is 310 g/mol. The predicted molar refractivity (Wildman–Crippen MR) is 87.8 cm³/mol. The first-order chi connectivity index (χ1) is 11.1. The highest BCUT2D eigenvalue weighted by Crippen LogP contribution is 2.06. The highest BCUT2D eigenvalue weighted by atomic mass is 16.5. The molecule has 0 fully saturated rings. The number of carbonyl (C=O) groups is 2. The van der Waals surface area contributed by atoms with Gasteiger partial charge in [-0.25, -0.2) is 5.48 Å². The van der Waals surface area contributed by atoms with E-state index in [-0.39, 0.29) is 5.91 Å². The van der Waals surface area contributed by atoms with E-state index < -0.39 is 5.91 Å². The number of hydrogen-bond donors (Lipinski definition) is 3. The van der Waals surface area contributed by atoms with Gasteiger partial charge in [0, 0.05) is 18.2 Å². The SMILES string of the molecule is Cc1ccc(C=CC(=O)NCc2ccc(C(=O)NO)cc2)cc1. The van der Waals surface area contributed by atoms with Crippen LogP contribution in [0.4, 0.5) is 0 Å². The second-order valence-electron chi connectivity index (χ2n) is 5.10. The molecule has 23 heavy (non-hydrogen) atoms. The van der Waals surface area contributed by atoms with E-state index in [1.165, 1.54) is 11.6 Å². The fraction of sp³-hybridized carbons (Fsp3) is 0.111. The fourth-order valence-corrected chi connectivity index (χ4v) is 1.94. The van der Waals surface area contributed by atoms with E-state index >= 15 is 0 Å². The van der Waals surface area contributed by atoms with Crippen molar-refractivity contribution in [2.24, 2.45) is 0 Å². The van der Waals surface area contributed by atoms with Crippen LogP contribution in [0.3, 0.4) is 0 Å². The van der Waals surface area contributed by atoms with Crippen molar-refractivity contribution < 1.29 is 14.8 Å². The number of benzene rings is 2. The Kier molecular flexibility index (Phi) is 5.66. The summed E-state index contributed by atoms with van der Waals surface area (Å²) in [5, 5.41) is 11.3. The van der Waals surface area contributed by atoms with Gasteiger partial charge in [0.15, 0.2) is 0 Å². The van der Waals surface area contributed by atoms with Crippen LogP contribution < -0.4 is 10.8 Å². The molecule has 2 aromatic rings. The molecule has 0 aliphatic carbocycles. The molecule has 2 amide bonds. The zero-order valence-corrected chi connectivity index (χ0v) is 12.7. The molecule has 0 saturated heterocycles. The Morgan fingerprint density at radius 3 is 2.30 bits per heavy atom. The van der Waals surface area contributed by atoms with Crippen molar-refractivity contribution in [1.29, 1.82) is 0 Å². The lowest BCUT2D eigenvalue weighted by atomic mass is 10.1. The molecule has 0 aromatic heterocycles. The molecule has 2 aromatic carbocycles. The quantitative estimate of drug-likeness (QED) is 0.451. The van der Waals surface area contributed by atoms with Crippen LogP contribution in [0.5, 0.6) is 0 Å². The normalized spacial score (nSPS) is 10.5. The van der Waals surface area contributed by atoms with Crippen molar-refractivity contribution in [2.45, 2.75) is 13.5 Å². The molecule has 0 unspecified atom stereocenters. The molecule has 5 heteroatoms. The summed E-state index contributed by atoms with van der Waals surface area (Å²) in [6.07, 6.45) is 3.24. The smallest absolute Gasteiger partial charge is 0.274 e. The molecule has 0 bridgehead atoms. The van der Waals surface area contributed by atoms with Gasteiger partial charge in [0.25, 0.3) is 5.91 Å². The lowest BCUT2D eigenvalue weighted by Crippen LogP contribution is -2.21. The molecule has 0 radical (unpaired) electrons. The van der Waals surface area contributed by atoms with Crippen molar-refractivity contribution in [3.8, 4) is 0 Å². The van der Waals surface area contributed by atoms with E-state index in [2.05, 4.69) is 5.32 Å². The number of aryl methyl sites for hydroxylation is 1. The van der Waals surface area contributed by atoms with Gasteiger partial charge in [-0.2, -0.15) is 0 Å². The molecule has 0 aliphatic rings. The lowest BCUT2D eigenvalue weighted by molar-refractivity contribution is -0.116. The minimum absolute atomic E-state index is 0.192. The Bertz CT molecular complexity index is 704. The van der Waals surface area contributed by atoms with Crippen molar-refractivity contribution >= 4 is 17.9 Å². The summed E-state index contributed by atoms with van der Waals surface area (Å²) in [5.74, 6) is -0.760. The van der Waals surface area contributed by atoms with E-state index in [9.17, 15) is 9.59 Å². The second-order valence-corrected chi connectivity index (χ2v) is 5.10. The summed E-state index contributed by atoms with van der Waals surface area (Å²) in [6.45, 7) is 2.37. The zero-order chi connectivity index (χ0) is 16.7. The Hall–Kier alpha value is -2.92. The molecule has 0 heterocycles. The minimum atomic E-state index is -0.568. The van der Waals surface area contributed by atoms with Crippen molar-refractivity contribution in [3.05, 3.63) is 76.9 Å². The molecule has 0 saturated carbocycles. The van der Waals surface area contributed by atoms with E-state index in [0.717, 1.165) is 11.1 Å². The topological polar surface area (TPSA) is 78.4 Å². The molecule has 0 spiro atoms. The number of rotatable bonds is 5. The van der Waals surface area contributed by atoms with Crippen LogP contribution >= 0.6 is 0 Å². The maximum atomic E-state index is 11.8. The lowest BCUT2D eigenvalue weighted by Gasteiger charge is -2.04. The maximum absolute atomic E-state index is 11.8. The summed E-state index contributed by atoms with van der Waals surface area (Å²) in [7, 11) is 0. The largest absolute Gasteiger partial charge is 0.348 e. The third-order valence-corrected chi connectivity index (χ3v) is 3.29. The van der Waals surface area contributed by atoms with Gasteiger partial charge in [-0.05, 0) is 36.3 Å². The van der Waals surface area contributed by atoms with E-state index in [4.69, 9.17) is 5.21 Å². The summed E-state index contributed by atoms with van der Waals surface area (Å²) in [5.41, 5.74) is 4.91. The molecule has 0 atom stereocenters. The van der Waals surface area contributed by atoms with Crippen molar-refractivity contribution in [3.63, 3.8) is 0 Å². The predicted octanol–water partition coefficient (Wildman–Crippen LogP) is 2.44. The standard InChI is InChI=1S/C18H18N2O3/c1-13-2-4-14(5-3-13)8-11-17(21)19-12-15-6-9-16(10-7-15)18(22)20-23/h2-11,23H,12H2,1H3,(H,19,21)(H,20,22). The minimum Gasteiger partial charge on any atom is -0.348 e. The molecular weight excluding hydrogens is 292 g/mol. The number of nitrogens with one attached hydrogen (secondary N) is 2. The van der Waals surface area contributed by atoms with Gasteiger partial charge in [0.05, 0.1) is 0 Å². The summed E-state index contributed by atoms with van der Waals surface area (Å²) in [6, 6.07) is 14.5. The number of hydroxylamine groups is 1. The van der Waals surface area contributed by atoms with Gasteiger partial charge < -0.3 is 5.32 Å². The van der Waals surface area contributed by atoms with Gasteiger partial charge in [-0.15, -0.1) is 0 Å². The van der Waals surface area contributed by atoms with Gasteiger partial charge in [0.2, 0.25) is 5.91 Å².